The maximum atomic E-state index is 5.08. The van der Waals surface area contributed by atoms with Crippen LogP contribution in [0.1, 0.15) is 32.3 Å². The molecule has 75 valence electrons. The molecule has 0 saturated carbocycles. The molecule has 0 bridgehead atoms. The summed E-state index contributed by atoms with van der Waals surface area (Å²) in [5.41, 5.74) is 1.27. The summed E-state index contributed by atoms with van der Waals surface area (Å²) < 4.78 is 0. The van der Waals surface area contributed by atoms with Gasteiger partial charge in [-0.3, -0.25) is 0 Å². The van der Waals surface area contributed by atoms with Gasteiger partial charge in [-0.15, -0.1) is 0 Å². The molecule has 1 unspecified atom stereocenters. The minimum absolute atomic E-state index is 0.569. The topological polar surface area (TPSA) is 0 Å². The first kappa shape index (κ1) is 11.4. The van der Waals surface area contributed by atoms with Crippen molar-refractivity contribution in [2.45, 2.75) is 26.7 Å². The van der Waals surface area contributed by atoms with E-state index < -0.39 is 0 Å². The molecule has 1 aromatic carbocycles. The van der Waals surface area contributed by atoms with E-state index in [0.717, 1.165) is 0 Å². The molecular formula is C13H17S. The fourth-order valence-electron chi connectivity index (χ4n) is 1.69. The van der Waals surface area contributed by atoms with Crippen molar-refractivity contribution in [3.8, 4) is 0 Å². The molecule has 0 heterocycles. The standard InChI is InChI=1S/C13H17S/c1-3-7-11(2)13(10-14)12-8-5-4-6-9-12/h4-6,8-11H,3,7H2,1-2H3. The van der Waals surface area contributed by atoms with Crippen molar-refractivity contribution in [2.24, 2.45) is 5.92 Å². The van der Waals surface area contributed by atoms with E-state index in [9.17, 15) is 0 Å². The van der Waals surface area contributed by atoms with E-state index in [0.29, 0.717) is 5.92 Å². The molecule has 1 atom stereocenters. The van der Waals surface area contributed by atoms with Gasteiger partial charge in [-0.1, -0.05) is 62.8 Å². The third-order valence-electron chi connectivity index (χ3n) is 2.49. The molecule has 0 spiro atoms. The van der Waals surface area contributed by atoms with Crippen molar-refractivity contribution < 1.29 is 0 Å². The van der Waals surface area contributed by atoms with Crippen LogP contribution in [-0.2, 0) is 0 Å². The van der Waals surface area contributed by atoms with E-state index >= 15 is 0 Å². The molecular weight excluding hydrogens is 188 g/mol. The quantitative estimate of drug-likeness (QED) is 0.654. The van der Waals surface area contributed by atoms with E-state index in [1.54, 1.807) is 0 Å². The first-order valence-electron chi connectivity index (χ1n) is 5.17. The molecule has 1 radical (unpaired) electrons. The van der Waals surface area contributed by atoms with Crippen LogP contribution in [-0.4, -0.2) is 5.37 Å². The molecule has 0 N–H and O–H groups in total. The van der Waals surface area contributed by atoms with Crippen molar-refractivity contribution >= 4 is 17.6 Å². The van der Waals surface area contributed by atoms with Crippen LogP contribution in [0.2, 0.25) is 0 Å². The van der Waals surface area contributed by atoms with Crippen LogP contribution in [0.15, 0.2) is 30.3 Å². The summed E-state index contributed by atoms with van der Waals surface area (Å²) in [6.07, 6.45) is 2.41. The van der Waals surface area contributed by atoms with E-state index in [-0.39, 0.29) is 0 Å². The Bertz CT molecular complexity index is 266. The summed E-state index contributed by atoms with van der Waals surface area (Å²) in [6.45, 7) is 4.46. The number of hydrogen-bond acceptors (Lipinski definition) is 1. The van der Waals surface area contributed by atoms with Crippen molar-refractivity contribution in [3.05, 3.63) is 41.8 Å². The summed E-state index contributed by atoms with van der Waals surface area (Å²) in [5, 5.41) is 1.83. The SMILES string of the molecule is CCCC(C)[C](C=S)c1ccccc1. The zero-order valence-corrected chi connectivity index (χ0v) is 9.68. The summed E-state index contributed by atoms with van der Waals surface area (Å²) in [6, 6.07) is 10.4. The number of hydrogen-bond donors (Lipinski definition) is 0. The largest absolute Gasteiger partial charge is 0.0924 e. The number of thiocarbonyl (C=S) groups is 1. The molecule has 14 heavy (non-hydrogen) atoms. The molecule has 0 fully saturated rings. The highest BCUT2D eigenvalue weighted by Crippen LogP contribution is 2.25. The molecule has 1 aromatic rings. The summed E-state index contributed by atoms with van der Waals surface area (Å²) in [4.78, 5) is 0. The Morgan fingerprint density at radius 1 is 1.36 bits per heavy atom. The third-order valence-corrected chi connectivity index (χ3v) is 2.74. The van der Waals surface area contributed by atoms with Crippen LogP contribution in [0.4, 0.5) is 0 Å². The summed E-state index contributed by atoms with van der Waals surface area (Å²) in [7, 11) is 0. The van der Waals surface area contributed by atoms with Gasteiger partial charge in [-0.2, -0.15) is 0 Å². The van der Waals surface area contributed by atoms with Gasteiger partial charge in [-0.25, -0.2) is 0 Å². The highest BCUT2D eigenvalue weighted by Gasteiger charge is 2.16. The molecule has 1 heteroatoms. The molecule has 1 rings (SSSR count). The van der Waals surface area contributed by atoms with E-state index in [1.165, 1.54) is 24.3 Å². The van der Waals surface area contributed by atoms with Crippen LogP contribution in [0.25, 0.3) is 0 Å². The van der Waals surface area contributed by atoms with Gasteiger partial charge >= 0.3 is 0 Å². The smallest absolute Gasteiger partial charge is 0.0403 e. The fourth-order valence-corrected chi connectivity index (χ4v) is 2.06. The molecule has 0 aromatic heterocycles. The molecule has 0 saturated heterocycles. The zero-order chi connectivity index (χ0) is 10.4. The van der Waals surface area contributed by atoms with Crippen molar-refractivity contribution in [1.82, 2.24) is 0 Å². The predicted octanol–water partition coefficient (Wildman–Crippen LogP) is 4.05. The van der Waals surface area contributed by atoms with Gasteiger partial charge in [0.15, 0.2) is 0 Å². The van der Waals surface area contributed by atoms with Gasteiger partial charge in [-0.05, 0) is 23.3 Å². The van der Waals surface area contributed by atoms with Gasteiger partial charge in [0.25, 0.3) is 0 Å². The number of benzene rings is 1. The summed E-state index contributed by atoms with van der Waals surface area (Å²) in [5.74, 6) is 1.86. The lowest BCUT2D eigenvalue weighted by atomic mass is 9.86. The lowest BCUT2D eigenvalue weighted by Crippen LogP contribution is -2.11. The zero-order valence-electron chi connectivity index (χ0n) is 8.86. The Kier molecular flexibility index (Phi) is 4.81. The summed E-state index contributed by atoms with van der Waals surface area (Å²) >= 11 is 5.08. The van der Waals surface area contributed by atoms with E-state index in [2.05, 4.69) is 38.1 Å². The Hall–Kier alpha value is -0.690. The Labute approximate surface area is 92.3 Å². The van der Waals surface area contributed by atoms with Gasteiger partial charge in [0, 0.05) is 5.92 Å². The van der Waals surface area contributed by atoms with Crippen LogP contribution in [0.5, 0.6) is 0 Å². The Morgan fingerprint density at radius 3 is 2.50 bits per heavy atom. The van der Waals surface area contributed by atoms with Crippen molar-refractivity contribution in [1.29, 1.82) is 0 Å². The predicted molar refractivity (Wildman–Crippen MR) is 66.5 cm³/mol. The first-order valence-corrected chi connectivity index (χ1v) is 5.64. The normalized spacial score (nSPS) is 12.8. The minimum atomic E-state index is 0.569. The molecule has 0 aliphatic rings. The van der Waals surface area contributed by atoms with E-state index in [4.69, 9.17) is 12.2 Å². The second-order valence-electron chi connectivity index (χ2n) is 3.63. The van der Waals surface area contributed by atoms with Gasteiger partial charge in [0.2, 0.25) is 0 Å². The average molecular weight is 205 g/mol. The Balaban J connectivity index is 2.76. The maximum Gasteiger partial charge on any atom is 0.0403 e. The maximum absolute atomic E-state index is 5.08. The van der Waals surface area contributed by atoms with Gasteiger partial charge in [0.1, 0.15) is 0 Å². The van der Waals surface area contributed by atoms with Gasteiger partial charge < -0.3 is 0 Å². The second-order valence-corrected chi connectivity index (χ2v) is 3.86. The van der Waals surface area contributed by atoms with Crippen molar-refractivity contribution in [3.63, 3.8) is 0 Å². The fraction of sp³-hybridized carbons (Fsp3) is 0.385. The molecule has 0 nitrogen and oxygen atoms in total. The lowest BCUT2D eigenvalue weighted by molar-refractivity contribution is 0.585. The molecule has 0 amide bonds. The van der Waals surface area contributed by atoms with E-state index in [1.807, 2.05) is 11.4 Å². The Morgan fingerprint density at radius 2 is 2.00 bits per heavy atom. The molecule has 0 aliphatic heterocycles. The highest BCUT2D eigenvalue weighted by molar-refractivity contribution is 7.79. The van der Waals surface area contributed by atoms with Crippen LogP contribution < -0.4 is 0 Å². The van der Waals surface area contributed by atoms with Crippen LogP contribution >= 0.6 is 12.2 Å². The van der Waals surface area contributed by atoms with Crippen LogP contribution in [0, 0.1) is 11.8 Å². The monoisotopic (exact) mass is 205 g/mol. The third kappa shape index (κ3) is 2.91. The highest BCUT2D eigenvalue weighted by atomic mass is 32.1. The lowest BCUT2D eigenvalue weighted by Gasteiger charge is -2.18. The van der Waals surface area contributed by atoms with Gasteiger partial charge in [0.05, 0.1) is 0 Å². The molecule has 0 aliphatic carbocycles. The average Bonchev–Trinajstić information content (AvgIpc) is 2.21. The minimum Gasteiger partial charge on any atom is -0.0924 e. The van der Waals surface area contributed by atoms with Crippen molar-refractivity contribution in [2.75, 3.05) is 0 Å². The number of rotatable bonds is 5. The van der Waals surface area contributed by atoms with Crippen LogP contribution in [0.3, 0.4) is 0 Å². The first-order chi connectivity index (χ1) is 6.79. The second kappa shape index (κ2) is 5.92.